The molecule has 3 rings (SSSR count). The van der Waals surface area contributed by atoms with Gasteiger partial charge in [-0.3, -0.25) is 4.99 Å². The summed E-state index contributed by atoms with van der Waals surface area (Å²) in [6.07, 6.45) is 7.85. The highest BCUT2D eigenvalue weighted by atomic mass is 32.2. The second-order valence-corrected chi connectivity index (χ2v) is 7.53. The average Bonchev–Trinajstić information content (AvgIpc) is 3.34. The largest absolute Gasteiger partial charge is 0.497 e. The van der Waals surface area contributed by atoms with Crippen molar-refractivity contribution in [2.75, 3.05) is 20.4 Å². The number of nitrogens with one attached hydrogen (secondary N) is 2. The van der Waals surface area contributed by atoms with Crippen molar-refractivity contribution < 1.29 is 4.74 Å². The molecule has 2 unspecified atom stereocenters. The molecular formula is C19H27N5OS. The number of aromatic nitrogens is 2. The molecule has 0 bridgehead atoms. The minimum atomic E-state index is 0.510. The zero-order valence-corrected chi connectivity index (χ0v) is 16.4. The number of nitrogens with zero attached hydrogens (tertiary/aromatic N) is 3. The normalized spacial score (nSPS) is 20.2. The van der Waals surface area contributed by atoms with Crippen molar-refractivity contribution in [3.05, 3.63) is 42.2 Å². The molecule has 140 valence electrons. The van der Waals surface area contributed by atoms with E-state index in [4.69, 9.17) is 4.74 Å². The molecule has 0 radical (unpaired) electrons. The predicted molar refractivity (Wildman–Crippen MR) is 108 cm³/mol. The minimum absolute atomic E-state index is 0.510. The lowest BCUT2D eigenvalue weighted by Gasteiger charge is -2.16. The van der Waals surface area contributed by atoms with Crippen LogP contribution in [0, 0.1) is 0 Å². The van der Waals surface area contributed by atoms with Crippen molar-refractivity contribution in [2.24, 2.45) is 4.99 Å². The first-order valence-electron chi connectivity index (χ1n) is 8.90. The Morgan fingerprint density at radius 2 is 2.12 bits per heavy atom. The number of hydrogen-bond donors (Lipinski definition) is 2. The standard InChI is InChI=1S/C19H27N5OS/c1-20-19(22-14-4-9-18(12-14)26-3)21-13-15-10-11-24(23-15)16-5-7-17(25-2)8-6-16/h5-8,10-11,14,18H,4,9,12-13H2,1-3H3,(H2,20,21,22). The highest BCUT2D eigenvalue weighted by Crippen LogP contribution is 2.28. The highest BCUT2D eigenvalue weighted by Gasteiger charge is 2.24. The SMILES string of the molecule is CN=C(NCc1ccn(-c2ccc(OC)cc2)n1)NC1CCC(SC)C1. The van der Waals surface area contributed by atoms with E-state index in [2.05, 4.69) is 27.0 Å². The van der Waals surface area contributed by atoms with Crippen LogP contribution < -0.4 is 15.4 Å². The van der Waals surface area contributed by atoms with Crippen molar-refractivity contribution in [2.45, 2.75) is 37.1 Å². The lowest BCUT2D eigenvalue weighted by Crippen LogP contribution is -2.42. The van der Waals surface area contributed by atoms with Gasteiger partial charge in [0.2, 0.25) is 0 Å². The van der Waals surface area contributed by atoms with Gasteiger partial charge < -0.3 is 15.4 Å². The van der Waals surface area contributed by atoms with Crippen LogP contribution in [-0.4, -0.2) is 47.4 Å². The minimum Gasteiger partial charge on any atom is -0.497 e. The van der Waals surface area contributed by atoms with Gasteiger partial charge in [0.25, 0.3) is 0 Å². The molecule has 2 aromatic rings. The molecule has 1 aromatic heterocycles. The molecule has 2 N–H and O–H groups in total. The molecule has 0 saturated heterocycles. The zero-order chi connectivity index (χ0) is 18.4. The van der Waals surface area contributed by atoms with Gasteiger partial charge in [-0.15, -0.1) is 0 Å². The number of guanidine groups is 1. The third-order valence-electron chi connectivity index (χ3n) is 4.70. The summed E-state index contributed by atoms with van der Waals surface area (Å²) in [7, 11) is 3.48. The van der Waals surface area contributed by atoms with Crippen LogP contribution in [0.15, 0.2) is 41.5 Å². The second-order valence-electron chi connectivity index (χ2n) is 6.39. The van der Waals surface area contributed by atoms with Crippen LogP contribution in [0.5, 0.6) is 5.75 Å². The maximum Gasteiger partial charge on any atom is 0.191 e. The zero-order valence-electron chi connectivity index (χ0n) is 15.6. The van der Waals surface area contributed by atoms with Crippen molar-refractivity contribution in [1.29, 1.82) is 0 Å². The van der Waals surface area contributed by atoms with Crippen molar-refractivity contribution in [3.63, 3.8) is 0 Å². The van der Waals surface area contributed by atoms with Crippen LogP contribution in [0.4, 0.5) is 0 Å². The fourth-order valence-corrected chi connectivity index (χ4v) is 3.98. The summed E-state index contributed by atoms with van der Waals surface area (Å²) >= 11 is 1.96. The molecular weight excluding hydrogens is 346 g/mol. The van der Waals surface area contributed by atoms with E-state index in [-0.39, 0.29) is 0 Å². The van der Waals surface area contributed by atoms with Gasteiger partial charge in [-0.2, -0.15) is 16.9 Å². The fraction of sp³-hybridized carbons (Fsp3) is 0.474. The third kappa shape index (κ3) is 4.72. The maximum atomic E-state index is 5.19. The van der Waals surface area contributed by atoms with E-state index in [1.807, 2.05) is 60.0 Å². The smallest absolute Gasteiger partial charge is 0.191 e. The molecule has 1 heterocycles. The van der Waals surface area contributed by atoms with Crippen LogP contribution >= 0.6 is 11.8 Å². The molecule has 0 amide bonds. The molecule has 26 heavy (non-hydrogen) atoms. The summed E-state index contributed by atoms with van der Waals surface area (Å²) in [5, 5.41) is 12.3. The number of methoxy groups -OCH3 is 1. The van der Waals surface area contributed by atoms with E-state index in [1.165, 1.54) is 19.3 Å². The van der Waals surface area contributed by atoms with Gasteiger partial charge in [0.15, 0.2) is 5.96 Å². The number of thioether (sulfide) groups is 1. The molecule has 0 spiro atoms. The Bertz CT molecular complexity index is 728. The summed E-state index contributed by atoms with van der Waals surface area (Å²) in [5.41, 5.74) is 1.98. The van der Waals surface area contributed by atoms with Gasteiger partial charge in [-0.05, 0) is 55.9 Å². The number of rotatable bonds is 6. The van der Waals surface area contributed by atoms with E-state index in [1.54, 1.807) is 7.11 Å². The topological polar surface area (TPSA) is 63.5 Å². The number of benzene rings is 1. The van der Waals surface area contributed by atoms with Crippen LogP contribution in [0.3, 0.4) is 0 Å². The van der Waals surface area contributed by atoms with Gasteiger partial charge in [-0.1, -0.05) is 0 Å². The van der Waals surface area contributed by atoms with Gasteiger partial charge in [0.05, 0.1) is 25.0 Å². The fourth-order valence-electron chi connectivity index (χ4n) is 3.18. The van der Waals surface area contributed by atoms with Crippen molar-refractivity contribution >= 4 is 17.7 Å². The molecule has 1 aliphatic carbocycles. The summed E-state index contributed by atoms with van der Waals surface area (Å²) in [6.45, 7) is 0.640. The molecule has 1 aliphatic rings. The third-order valence-corrected chi connectivity index (χ3v) is 5.80. The lowest BCUT2D eigenvalue weighted by molar-refractivity contribution is 0.414. The predicted octanol–water partition coefficient (Wildman–Crippen LogP) is 2.83. The lowest BCUT2D eigenvalue weighted by atomic mass is 10.2. The van der Waals surface area contributed by atoms with E-state index < -0.39 is 0 Å². The first-order valence-corrected chi connectivity index (χ1v) is 10.2. The first kappa shape index (κ1) is 18.6. The van der Waals surface area contributed by atoms with E-state index in [0.29, 0.717) is 12.6 Å². The molecule has 1 fully saturated rings. The highest BCUT2D eigenvalue weighted by molar-refractivity contribution is 7.99. The second kappa shape index (κ2) is 8.98. The molecule has 2 atom stereocenters. The van der Waals surface area contributed by atoms with Gasteiger partial charge in [0.1, 0.15) is 5.75 Å². The Morgan fingerprint density at radius 1 is 1.31 bits per heavy atom. The number of ether oxygens (including phenoxy) is 1. The van der Waals surface area contributed by atoms with E-state index in [0.717, 1.165) is 28.3 Å². The first-order chi connectivity index (χ1) is 12.7. The maximum absolute atomic E-state index is 5.19. The quantitative estimate of drug-likeness (QED) is 0.602. The number of hydrogen-bond acceptors (Lipinski definition) is 4. The van der Waals surface area contributed by atoms with Crippen LogP contribution in [-0.2, 0) is 6.54 Å². The van der Waals surface area contributed by atoms with E-state index >= 15 is 0 Å². The average molecular weight is 374 g/mol. The summed E-state index contributed by atoms with van der Waals surface area (Å²) in [4.78, 5) is 4.34. The molecule has 7 heteroatoms. The summed E-state index contributed by atoms with van der Waals surface area (Å²) in [6, 6.07) is 10.4. The molecule has 1 saturated carbocycles. The molecule has 0 aliphatic heterocycles. The Kier molecular flexibility index (Phi) is 6.44. The Hall–Kier alpha value is -2.15. The monoisotopic (exact) mass is 373 g/mol. The van der Waals surface area contributed by atoms with Crippen LogP contribution in [0.25, 0.3) is 5.69 Å². The van der Waals surface area contributed by atoms with E-state index in [9.17, 15) is 0 Å². The Labute approximate surface area is 159 Å². The summed E-state index contributed by atoms with van der Waals surface area (Å²) in [5.74, 6) is 1.68. The van der Waals surface area contributed by atoms with Gasteiger partial charge >= 0.3 is 0 Å². The molecule has 1 aromatic carbocycles. The van der Waals surface area contributed by atoms with Crippen LogP contribution in [0.1, 0.15) is 25.0 Å². The Balaban J connectivity index is 1.53. The Morgan fingerprint density at radius 3 is 2.77 bits per heavy atom. The van der Waals surface area contributed by atoms with Crippen molar-refractivity contribution in [3.8, 4) is 11.4 Å². The summed E-state index contributed by atoms with van der Waals surface area (Å²) < 4.78 is 7.06. The van der Waals surface area contributed by atoms with Gasteiger partial charge in [0, 0.05) is 24.5 Å². The van der Waals surface area contributed by atoms with Crippen LogP contribution in [0.2, 0.25) is 0 Å². The number of aliphatic imine (C=N–C) groups is 1. The molecule has 6 nitrogen and oxygen atoms in total. The van der Waals surface area contributed by atoms with Crippen molar-refractivity contribution in [1.82, 2.24) is 20.4 Å². The van der Waals surface area contributed by atoms with Gasteiger partial charge in [-0.25, -0.2) is 4.68 Å².